The molecule has 15 heavy (non-hydrogen) atoms. The van der Waals surface area contributed by atoms with Gasteiger partial charge < -0.3 is 10.4 Å². The second kappa shape index (κ2) is 5.21. The van der Waals surface area contributed by atoms with Crippen LogP contribution in [0, 0.1) is 19.5 Å². The van der Waals surface area contributed by atoms with Crippen LogP contribution in [0.4, 0.5) is 15.8 Å². The molecule has 0 fully saturated rings. The van der Waals surface area contributed by atoms with Gasteiger partial charge in [0.05, 0.1) is 15.1 Å². The van der Waals surface area contributed by atoms with Gasteiger partial charge in [-0.1, -0.05) is 0 Å². The number of nitrogens with one attached hydrogen (secondary N) is 1. The third-order valence-corrected chi connectivity index (χ3v) is 2.49. The zero-order valence-electron chi connectivity index (χ0n) is 7.54. The molecule has 0 saturated carbocycles. The van der Waals surface area contributed by atoms with Crippen molar-refractivity contribution in [3.63, 3.8) is 0 Å². The molecule has 1 aromatic carbocycles. The van der Waals surface area contributed by atoms with Crippen LogP contribution in [0.2, 0.25) is 0 Å². The molecule has 5 nitrogen and oxygen atoms in total. The molecule has 0 aromatic heterocycles. The Morgan fingerprint density at radius 3 is 2.80 bits per heavy atom. The number of benzene rings is 1. The Morgan fingerprint density at radius 2 is 2.27 bits per heavy atom. The Morgan fingerprint density at radius 1 is 1.60 bits per heavy atom. The topological polar surface area (TPSA) is 75.4 Å². The van der Waals surface area contributed by atoms with Crippen LogP contribution in [0.25, 0.3) is 0 Å². The summed E-state index contributed by atoms with van der Waals surface area (Å²) in [6.07, 6.45) is 0. The van der Waals surface area contributed by atoms with Crippen molar-refractivity contribution in [2.45, 2.75) is 0 Å². The summed E-state index contributed by atoms with van der Waals surface area (Å²) in [6, 6.07) is 2.20. The number of hydrogen-bond donors (Lipinski definition) is 2. The normalized spacial score (nSPS) is 10.1. The lowest BCUT2D eigenvalue weighted by Crippen LogP contribution is -2.08. The Labute approximate surface area is 98.6 Å². The summed E-state index contributed by atoms with van der Waals surface area (Å²) >= 11 is 1.68. The van der Waals surface area contributed by atoms with E-state index in [1.54, 1.807) is 22.6 Å². The van der Waals surface area contributed by atoms with Gasteiger partial charge in [-0.05, 0) is 22.6 Å². The number of nitro groups is 1. The van der Waals surface area contributed by atoms with E-state index in [9.17, 15) is 14.5 Å². The van der Waals surface area contributed by atoms with Gasteiger partial charge in [0, 0.05) is 18.7 Å². The molecule has 0 aliphatic carbocycles. The van der Waals surface area contributed by atoms with Gasteiger partial charge in [-0.2, -0.15) is 0 Å². The molecule has 0 unspecified atom stereocenters. The molecule has 0 spiro atoms. The molecule has 2 N–H and O–H groups in total. The van der Waals surface area contributed by atoms with E-state index in [0.717, 1.165) is 12.1 Å². The van der Waals surface area contributed by atoms with Crippen LogP contribution in [0.1, 0.15) is 0 Å². The third kappa shape index (κ3) is 2.99. The fraction of sp³-hybridized carbons (Fsp3) is 0.250. The minimum atomic E-state index is -0.596. The lowest BCUT2D eigenvalue weighted by Gasteiger charge is -2.06. The lowest BCUT2D eigenvalue weighted by atomic mass is 10.2. The second-order valence-electron chi connectivity index (χ2n) is 2.69. The molecule has 82 valence electrons. The van der Waals surface area contributed by atoms with Crippen LogP contribution in [0.5, 0.6) is 0 Å². The van der Waals surface area contributed by atoms with Crippen LogP contribution < -0.4 is 5.32 Å². The first kappa shape index (κ1) is 12.1. The van der Waals surface area contributed by atoms with Crippen molar-refractivity contribution in [2.24, 2.45) is 0 Å². The molecule has 0 bridgehead atoms. The van der Waals surface area contributed by atoms with Gasteiger partial charge in [-0.25, -0.2) is 4.39 Å². The number of halogens is 2. The monoisotopic (exact) mass is 326 g/mol. The highest BCUT2D eigenvalue weighted by Crippen LogP contribution is 2.28. The SMILES string of the molecule is O=[N+]([O-])c1cc(I)c(F)cc1NCCO. The van der Waals surface area contributed by atoms with E-state index in [1.807, 2.05) is 0 Å². The summed E-state index contributed by atoms with van der Waals surface area (Å²) in [5, 5.41) is 21.8. The van der Waals surface area contributed by atoms with Crippen molar-refractivity contribution in [3.05, 3.63) is 31.6 Å². The minimum absolute atomic E-state index is 0.0759. The molecule has 0 atom stereocenters. The Balaban J connectivity index is 3.10. The first-order valence-electron chi connectivity index (χ1n) is 4.04. The van der Waals surface area contributed by atoms with E-state index in [0.29, 0.717) is 0 Å². The number of aliphatic hydroxyl groups excluding tert-OH is 1. The zero-order valence-corrected chi connectivity index (χ0v) is 9.69. The van der Waals surface area contributed by atoms with E-state index in [1.165, 1.54) is 0 Å². The molecular weight excluding hydrogens is 318 g/mol. The maximum atomic E-state index is 13.1. The van der Waals surface area contributed by atoms with Crippen molar-refractivity contribution in [1.29, 1.82) is 0 Å². The van der Waals surface area contributed by atoms with Crippen molar-refractivity contribution < 1.29 is 14.4 Å². The number of hydrogen-bond acceptors (Lipinski definition) is 4. The summed E-state index contributed by atoms with van der Waals surface area (Å²) in [6.45, 7) is -0.0361. The minimum Gasteiger partial charge on any atom is -0.395 e. The second-order valence-corrected chi connectivity index (χ2v) is 3.85. The number of nitrogens with zero attached hydrogens (tertiary/aromatic N) is 1. The smallest absolute Gasteiger partial charge is 0.293 e. The summed E-state index contributed by atoms with van der Waals surface area (Å²) in [7, 11) is 0. The van der Waals surface area contributed by atoms with E-state index >= 15 is 0 Å². The standard InChI is InChI=1S/C8H8FIN2O3/c9-5-3-7(11-1-2-13)8(12(14)15)4-6(5)10/h3-4,11,13H,1-2H2. The van der Waals surface area contributed by atoms with Crippen LogP contribution in [0.15, 0.2) is 12.1 Å². The van der Waals surface area contributed by atoms with Gasteiger partial charge in [-0.15, -0.1) is 0 Å². The average Bonchev–Trinajstić information content (AvgIpc) is 2.19. The van der Waals surface area contributed by atoms with Gasteiger partial charge in [0.2, 0.25) is 0 Å². The maximum Gasteiger partial charge on any atom is 0.293 e. The van der Waals surface area contributed by atoms with E-state index < -0.39 is 10.7 Å². The van der Waals surface area contributed by atoms with Crippen molar-refractivity contribution >= 4 is 34.0 Å². The molecule has 1 rings (SSSR count). The molecule has 1 aromatic rings. The highest BCUT2D eigenvalue weighted by atomic mass is 127. The number of anilines is 1. The molecule has 7 heteroatoms. The Kier molecular flexibility index (Phi) is 4.21. The molecule has 0 aliphatic heterocycles. The molecule has 0 amide bonds. The lowest BCUT2D eigenvalue weighted by molar-refractivity contribution is -0.384. The highest BCUT2D eigenvalue weighted by molar-refractivity contribution is 14.1. The van der Waals surface area contributed by atoms with E-state index in [-0.39, 0.29) is 28.1 Å². The van der Waals surface area contributed by atoms with Gasteiger partial charge in [0.25, 0.3) is 5.69 Å². The summed E-state index contributed by atoms with van der Waals surface area (Å²) in [4.78, 5) is 10.0. The van der Waals surface area contributed by atoms with E-state index in [4.69, 9.17) is 5.11 Å². The Hall–Kier alpha value is -0.960. The quantitative estimate of drug-likeness (QED) is 0.502. The maximum absolute atomic E-state index is 13.1. The van der Waals surface area contributed by atoms with Crippen molar-refractivity contribution in [3.8, 4) is 0 Å². The first-order valence-corrected chi connectivity index (χ1v) is 5.12. The number of rotatable bonds is 4. The van der Waals surface area contributed by atoms with Crippen LogP contribution in [-0.4, -0.2) is 23.2 Å². The van der Waals surface area contributed by atoms with Crippen LogP contribution in [-0.2, 0) is 0 Å². The zero-order chi connectivity index (χ0) is 11.4. The van der Waals surface area contributed by atoms with Gasteiger partial charge in [0.1, 0.15) is 11.5 Å². The molecule has 0 saturated heterocycles. The number of nitro benzene ring substituents is 1. The summed E-state index contributed by atoms with van der Waals surface area (Å²) < 4.78 is 13.3. The van der Waals surface area contributed by atoms with E-state index in [2.05, 4.69) is 5.32 Å². The van der Waals surface area contributed by atoms with Crippen LogP contribution >= 0.6 is 22.6 Å². The van der Waals surface area contributed by atoms with Crippen LogP contribution in [0.3, 0.4) is 0 Å². The van der Waals surface area contributed by atoms with Gasteiger partial charge in [0.15, 0.2) is 0 Å². The third-order valence-electron chi connectivity index (χ3n) is 1.66. The fourth-order valence-corrected chi connectivity index (χ4v) is 1.47. The first-order chi connectivity index (χ1) is 7.06. The predicted octanol–water partition coefficient (Wildman–Crippen LogP) is 1.74. The average molecular weight is 326 g/mol. The van der Waals surface area contributed by atoms with Crippen molar-refractivity contribution in [2.75, 3.05) is 18.5 Å². The highest BCUT2D eigenvalue weighted by Gasteiger charge is 2.16. The summed E-state index contributed by atoms with van der Waals surface area (Å²) in [5.41, 5.74) is -0.124. The van der Waals surface area contributed by atoms with Gasteiger partial charge in [-0.3, -0.25) is 10.1 Å². The Bertz CT molecular complexity index is 386. The molecule has 0 radical (unpaired) electrons. The fourth-order valence-electron chi connectivity index (χ4n) is 1.02. The van der Waals surface area contributed by atoms with Crippen molar-refractivity contribution in [1.82, 2.24) is 0 Å². The molecule has 0 aliphatic rings. The largest absolute Gasteiger partial charge is 0.395 e. The predicted molar refractivity (Wildman–Crippen MR) is 61.3 cm³/mol. The summed E-state index contributed by atoms with van der Waals surface area (Å²) in [5.74, 6) is -0.526. The van der Waals surface area contributed by atoms with Gasteiger partial charge >= 0.3 is 0 Å². The molecule has 0 heterocycles. The molecular formula is C8H8FIN2O3. The number of aliphatic hydroxyl groups is 1.